The highest BCUT2D eigenvalue weighted by molar-refractivity contribution is 5.93. The first-order chi connectivity index (χ1) is 10.8. The number of hydrogen-bond acceptors (Lipinski definition) is 1. The van der Waals surface area contributed by atoms with E-state index in [1.165, 1.54) is 11.1 Å². The first-order valence-electron chi connectivity index (χ1n) is 7.49. The van der Waals surface area contributed by atoms with Gasteiger partial charge in [-0.25, -0.2) is 4.79 Å². The van der Waals surface area contributed by atoms with Crippen LogP contribution in [0, 0.1) is 0 Å². The summed E-state index contributed by atoms with van der Waals surface area (Å²) in [6, 6.07) is 16.2. The van der Waals surface area contributed by atoms with Crippen molar-refractivity contribution in [2.24, 2.45) is 0 Å². The summed E-state index contributed by atoms with van der Waals surface area (Å²) in [6.45, 7) is 0. The first-order valence-corrected chi connectivity index (χ1v) is 7.49. The minimum Gasteiger partial charge on any atom is -0.361 e. The second-order valence-corrected chi connectivity index (χ2v) is 5.75. The lowest BCUT2D eigenvalue weighted by molar-refractivity contribution is 0.249. The summed E-state index contributed by atoms with van der Waals surface area (Å²) in [5, 5.41) is 7.06. The van der Waals surface area contributed by atoms with Crippen LogP contribution in [0.1, 0.15) is 11.1 Å². The Morgan fingerprint density at radius 1 is 1.05 bits per heavy atom. The van der Waals surface area contributed by atoms with Gasteiger partial charge in [-0.15, -0.1) is 0 Å². The lowest BCUT2D eigenvalue weighted by Gasteiger charge is -2.13. The summed E-state index contributed by atoms with van der Waals surface area (Å²) in [4.78, 5) is 15.3. The van der Waals surface area contributed by atoms with E-state index in [9.17, 15) is 4.79 Å². The minimum absolute atomic E-state index is 0.146. The third-order valence-corrected chi connectivity index (χ3v) is 4.20. The molecule has 0 saturated heterocycles. The van der Waals surface area contributed by atoms with Crippen molar-refractivity contribution in [3.05, 3.63) is 65.9 Å². The maximum absolute atomic E-state index is 12.2. The van der Waals surface area contributed by atoms with Gasteiger partial charge in [-0.3, -0.25) is 0 Å². The molecule has 1 aliphatic rings. The number of aromatic nitrogens is 1. The van der Waals surface area contributed by atoms with Gasteiger partial charge in [-0.2, -0.15) is 0 Å². The van der Waals surface area contributed by atoms with Crippen LogP contribution in [0.25, 0.3) is 10.9 Å². The zero-order valence-corrected chi connectivity index (χ0v) is 12.1. The molecule has 4 nitrogen and oxygen atoms in total. The highest BCUT2D eigenvalue weighted by Gasteiger charge is 2.22. The molecule has 1 heterocycles. The zero-order chi connectivity index (χ0) is 14.9. The number of rotatable bonds is 2. The van der Waals surface area contributed by atoms with Crippen molar-refractivity contribution in [2.45, 2.75) is 18.9 Å². The van der Waals surface area contributed by atoms with Gasteiger partial charge in [0.15, 0.2) is 0 Å². The number of benzene rings is 2. The van der Waals surface area contributed by atoms with Gasteiger partial charge < -0.3 is 15.6 Å². The van der Waals surface area contributed by atoms with Gasteiger partial charge in [0.05, 0.1) is 0 Å². The van der Waals surface area contributed by atoms with Gasteiger partial charge in [0, 0.05) is 28.8 Å². The smallest absolute Gasteiger partial charge is 0.319 e. The average molecular weight is 291 g/mol. The predicted molar refractivity (Wildman–Crippen MR) is 88.1 cm³/mol. The number of fused-ring (bicyclic) bond motifs is 2. The Labute approximate surface area is 128 Å². The van der Waals surface area contributed by atoms with E-state index in [-0.39, 0.29) is 12.1 Å². The molecule has 0 saturated carbocycles. The van der Waals surface area contributed by atoms with Crippen LogP contribution in [0.15, 0.2) is 54.7 Å². The summed E-state index contributed by atoms with van der Waals surface area (Å²) < 4.78 is 0. The number of H-pyrrole nitrogens is 1. The quantitative estimate of drug-likeness (QED) is 0.665. The summed E-state index contributed by atoms with van der Waals surface area (Å²) in [7, 11) is 0. The monoisotopic (exact) mass is 291 g/mol. The van der Waals surface area contributed by atoms with E-state index in [0.29, 0.717) is 0 Å². The molecule has 110 valence electrons. The molecule has 1 aliphatic carbocycles. The number of anilines is 1. The number of amides is 2. The van der Waals surface area contributed by atoms with Crippen LogP contribution in [-0.4, -0.2) is 17.1 Å². The van der Waals surface area contributed by atoms with Crippen LogP contribution in [0.4, 0.5) is 10.5 Å². The Bertz CT molecular complexity index is 812. The van der Waals surface area contributed by atoms with Gasteiger partial charge in [-0.05, 0) is 48.2 Å². The van der Waals surface area contributed by atoms with Gasteiger partial charge in [0.25, 0.3) is 0 Å². The Kier molecular flexibility index (Phi) is 3.07. The second-order valence-electron chi connectivity index (χ2n) is 5.75. The molecule has 0 bridgehead atoms. The van der Waals surface area contributed by atoms with E-state index < -0.39 is 0 Å². The second kappa shape index (κ2) is 5.22. The molecule has 3 aromatic rings. The van der Waals surface area contributed by atoms with Crippen LogP contribution in [0.2, 0.25) is 0 Å². The summed E-state index contributed by atoms with van der Waals surface area (Å²) >= 11 is 0. The molecule has 4 heteroatoms. The third kappa shape index (κ3) is 2.44. The fourth-order valence-corrected chi connectivity index (χ4v) is 3.14. The number of carbonyl (C=O) groups is 1. The van der Waals surface area contributed by atoms with Crippen molar-refractivity contribution in [3.8, 4) is 0 Å². The van der Waals surface area contributed by atoms with Crippen molar-refractivity contribution >= 4 is 22.6 Å². The SMILES string of the molecule is O=C(Nc1ccc2[nH]ccc2c1)NC1Cc2ccccc2C1. The van der Waals surface area contributed by atoms with E-state index in [4.69, 9.17) is 0 Å². The molecule has 3 N–H and O–H groups in total. The van der Waals surface area contributed by atoms with Gasteiger partial charge >= 0.3 is 6.03 Å². The summed E-state index contributed by atoms with van der Waals surface area (Å²) in [5.74, 6) is 0. The van der Waals surface area contributed by atoms with Crippen molar-refractivity contribution in [1.82, 2.24) is 10.3 Å². The highest BCUT2D eigenvalue weighted by atomic mass is 16.2. The highest BCUT2D eigenvalue weighted by Crippen LogP contribution is 2.22. The van der Waals surface area contributed by atoms with Crippen molar-refractivity contribution < 1.29 is 4.79 Å². The van der Waals surface area contributed by atoms with Crippen molar-refractivity contribution in [3.63, 3.8) is 0 Å². The van der Waals surface area contributed by atoms with Crippen LogP contribution in [0.5, 0.6) is 0 Å². The molecule has 22 heavy (non-hydrogen) atoms. The molecular formula is C18H17N3O. The maximum Gasteiger partial charge on any atom is 0.319 e. The van der Waals surface area contributed by atoms with E-state index in [1.54, 1.807) is 0 Å². The van der Waals surface area contributed by atoms with Gasteiger partial charge in [0.1, 0.15) is 0 Å². The van der Waals surface area contributed by atoms with E-state index in [2.05, 4.69) is 27.8 Å². The van der Waals surface area contributed by atoms with Crippen LogP contribution >= 0.6 is 0 Å². The Balaban J connectivity index is 1.41. The molecule has 2 amide bonds. The van der Waals surface area contributed by atoms with Crippen LogP contribution in [0.3, 0.4) is 0 Å². The van der Waals surface area contributed by atoms with Crippen molar-refractivity contribution in [2.75, 3.05) is 5.32 Å². The van der Waals surface area contributed by atoms with Crippen LogP contribution < -0.4 is 10.6 Å². The number of nitrogens with one attached hydrogen (secondary N) is 3. The molecule has 0 fully saturated rings. The molecule has 0 spiro atoms. The molecule has 2 aromatic carbocycles. The summed E-state index contributed by atoms with van der Waals surface area (Å²) in [6.07, 6.45) is 3.70. The fraction of sp³-hybridized carbons (Fsp3) is 0.167. The minimum atomic E-state index is -0.146. The zero-order valence-electron chi connectivity index (χ0n) is 12.1. The van der Waals surface area contributed by atoms with E-state index >= 15 is 0 Å². The predicted octanol–water partition coefficient (Wildman–Crippen LogP) is 3.46. The molecular weight excluding hydrogens is 274 g/mol. The lowest BCUT2D eigenvalue weighted by Crippen LogP contribution is -2.38. The van der Waals surface area contributed by atoms with Crippen LogP contribution in [-0.2, 0) is 12.8 Å². The average Bonchev–Trinajstić information content (AvgIpc) is 3.11. The normalized spacial score (nSPS) is 14.0. The standard InChI is InChI=1S/C18H17N3O/c22-18(20-15-5-6-17-14(11-15)7-8-19-17)21-16-9-12-3-1-2-4-13(12)10-16/h1-8,11,16,19H,9-10H2,(H2,20,21,22). The molecule has 0 radical (unpaired) electrons. The van der Waals surface area contributed by atoms with E-state index in [1.807, 2.05) is 42.6 Å². The Morgan fingerprint density at radius 2 is 1.82 bits per heavy atom. The first kappa shape index (κ1) is 13.0. The number of urea groups is 1. The van der Waals surface area contributed by atoms with Gasteiger partial charge in [0.2, 0.25) is 0 Å². The molecule has 0 unspecified atom stereocenters. The van der Waals surface area contributed by atoms with Crippen molar-refractivity contribution in [1.29, 1.82) is 0 Å². The molecule has 0 atom stereocenters. The molecule has 1 aromatic heterocycles. The fourth-order valence-electron chi connectivity index (χ4n) is 3.14. The third-order valence-electron chi connectivity index (χ3n) is 4.20. The lowest BCUT2D eigenvalue weighted by atomic mass is 10.1. The molecule has 0 aliphatic heterocycles. The topological polar surface area (TPSA) is 56.9 Å². The number of carbonyl (C=O) groups excluding carboxylic acids is 1. The Morgan fingerprint density at radius 3 is 2.59 bits per heavy atom. The summed E-state index contributed by atoms with van der Waals surface area (Å²) in [5.41, 5.74) is 4.54. The van der Waals surface area contributed by atoms with E-state index in [0.717, 1.165) is 29.4 Å². The Hall–Kier alpha value is -2.75. The number of aromatic amines is 1. The molecule has 4 rings (SSSR count). The van der Waals surface area contributed by atoms with Gasteiger partial charge in [-0.1, -0.05) is 24.3 Å². The maximum atomic E-state index is 12.2. The number of hydrogen-bond donors (Lipinski definition) is 3. The largest absolute Gasteiger partial charge is 0.361 e.